The third kappa shape index (κ3) is 3.75. The predicted molar refractivity (Wildman–Crippen MR) is 79.8 cm³/mol. The molecule has 20 heavy (non-hydrogen) atoms. The monoisotopic (exact) mass is 295 g/mol. The molecule has 5 heteroatoms. The topological polar surface area (TPSA) is 60.8 Å². The van der Waals surface area contributed by atoms with Crippen LogP contribution in [-0.4, -0.2) is 52.1 Å². The van der Waals surface area contributed by atoms with Crippen LogP contribution in [0.2, 0.25) is 0 Å². The van der Waals surface area contributed by atoms with Crippen molar-refractivity contribution >= 4 is 17.7 Å². The molecule has 1 amide bonds. The Hall–Kier alpha value is -1.04. The molecular weight excluding hydrogens is 274 g/mol. The van der Waals surface area contributed by atoms with Gasteiger partial charge in [-0.1, -0.05) is 18.2 Å². The fourth-order valence-electron chi connectivity index (χ4n) is 2.40. The van der Waals surface area contributed by atoms with Crippen molar-refractivity contribution in [2.24, 2.45) is 0 Å². The molecule has 0 unspecified atom stereocenters. The van der Waals surface area contributed by atoms with E-state index in [9.17, 15) is 15.0 Å². The molecule has 1 aromatic carbocycles. The third-order valence-electron chi connectivity index (χ3n) is 3.65. The van der Waals surface area contributed by atoms with E-state index in [1.807, 2.05) is 31.2 Å². The SMILES string of the molecule is Cc1ccccc1SCC(=O)N1CCC[C@](O)(CO)C1. The first-order valence-electron chi connectivity index (χ1n) is 6.83. The van der Waals surface area contributed by atoms with Gasteiger partial charge >= 0.3 is 0 Å². The van der Waals surface area contributed by atoms with Gasteiger partial charge in [-0.05, 0) is 31.4 Å². The van der Waals surface area contributed by atoms with Gasteiger partial charge in [0.25, 0.3) is 0 Å². The van der Waals surface area contributed by atoms with Crippen molar-refractivity contribution in [2.45, 2.75) is 30.3 Å². The van der Waals surface area contributed by atoms with E-state index < -0.39 is 5.60 Å². The van der Waals surface area contributed by atoms with Gasteiger partial charge in [0.05, 0.1) is 18.9 Å². The van der Waals surface area contributed by atoms with Gasteiger partial charge < -0.3 is 15.1 Å². The van der Waals surface area contributed by atoms with Crippen molar-refractivity contribution in [3.05, 3.63) is 29.8 Å². The molecule has 1 atom stereocenters. The molecule has 2 N–H and O–H groups in total. The van der Waals surface area contributed by atoms with Gasteiger partial charge in [0.2, 0.25) is 5.91 Å². The standard InChI is InChI=1S/C15H21NO3S/c1-12-5-2-3-6-13(12)20-9-14(18)16-8-4-7-15(19,10-16)11-17/h2-3,5-6,17,19H,4,7-11H2,1H3/t15-/m1/s1. The third-order valence-corrected chi connectivity index (χ3v) is 4.81. The van der Waals surface area contributed by atoms with Crippen molar-refractivity contribution in [3.8, 4) is 0 Å². The number of piperidine rings is 1. The number of aliphatic hydroxyl groups is 2. The molecule has 1 fully saturated rings. The molecule has 2 rings (SSSR count). The summed E-state index contributed by atoms with van der Waals surface area (Å²) in [5.41, 5.74) is 0.0390. The molecule has 1 saturated heterocycles. The number of hydrogen-bond donors (Lipinski definition) is 2. The van der Waals surface area contributed by atoms with E-state index >= 15 is 0 Å². The van der Waals surface area contributed by atoms with Gasteiger partial charge in [-0.25, -0.2) is 0 Å². The van der Waals surface area contributed by atoms with Crippen molar-refractivity contribution in [2.75, 3.05) is 25.4 Å². The molecule has 1 aliphatic heterocycles. The fraction of sp³-hybridized carbons (Fsp3) is 0.533. The summed E-state index contributed by atoms with van der Waals surface area (Å²) in [6.45, 7) is 2.63. The minimum Gasteiger partial charge on any atom is -0.393 e. The molecule has 0 aromatic heterocycles. The summed E-state index contributed by atoms with van der Waals surface area (Å²) in [7, 11) is 0. The molecule has 0 spiro atoms. The van der Waals surface area contributed by atoms with Crippen molar-refractivity contribution in [1.82, 2.24) is 4.90 Å². The molecule has 0 bridgehead atoms. The minimum atomic E-state index is -1.12. The zero-order chi connectivity index (χ0) is 14.6. The molecule has 0 radical (unpaired) electrons. The Kier molecular flexibility index (Phi) is 5.07. The first kappa shape index (κ1) is 15.4. The highest BCUT2D eigenvalue weighted by molar-refractivity contribution is 8.00. The van der Waals surface area contributed by atoms with Gasteiger partial charge in [-0.3, -0.25) is 4.79 Å². The van der Waals surface area contributed by atoms with Crippen LogP contribution in [-0.2, 0) is 4.79 Å². The largest absolute Gasteiger partial charge is 0.393 e. The Morgan fingerprint density at radius 3 is 2.90 bits per heavy atom. The highest BCUT2D eigenvalue weighted by Gasteiger charge is 2.34. The van der Waals surface area contributed by atoms with E-state index in [2.05, 4.69) is 0 Å². The van der Waals surface area contributed by atoms with Crippen molar-refractivity contribution in [3.63, 3.8) is 0 Å². The Bertz CT molecular complexity index is 480. The van der Waals surface area contributed by atoms with Crippen LogP contribution in [0.4, 0.5) is 0 Å². The summed E-state index contributed by atoms with van der Waals surface area (Å²) in [6.07, 6.45) is 1.29. The fourth-order valence-corrected chi connectivity index (χ4v) is 3.34. The molecule has 1 aromatic rings. The van der Waals surface area contributed by atoms with Crippen LogP contribution in [0.15, 0.2) is 29.2 Å². The zero-order valence-corrected chi connectivity index (χ0v) is 12.5. The Morgan fingerprint density at radius 1 is 1.45 bits per heavy atom. The molecule has 0 aliphatic carbocycles. The Morgan fingerprint density at radius 2 is 2.20 bits per heavy atom. The van der Waals surface area contributed by atoms with Crippen molar-refractivity contribution in [1.29, 1.82) is 0 Å². The van der Waals surface area contributed by atoms with E-state index in [-0.39, 0.29) is 19.1 Å². The lowest BCUT2D eigenvalue weighted by Gasteiger charge is -2.38. The van der Waals surface area contributed by atoms with Crippen LogP contribution in [0.25, 0.3) is 0 Å². The Labute approximate surface area is 123 Å². The highest BCUT2D eigenvalue weighted by atomic mass is 32.2. The molecule has 4 nitrogen and oxygen atoms in total. The normalized spacial score (nSPS) is 22.9. The summed E-state index contributed by atoms with van der Waals surface area (Å²) >= 11 is 1.52. The second-order valence-electron chi connectivity index (χ2n) is 5.36. The van der Waals surface area contributed by atoms with Gasteiger partial charge in [-0.2, -0.15) is 0 Å². The number of nitrogens with zero attached hydrogens (tertiary/aromatic N) is 1. The van der Waals surface area contributed by atoms with Crippen LogP contribution >= 0.6 is 11.8 Å². The number of carbonyl (C=O) groups is 1. The lowest BCUT2D eigenvalue weighted by atomic mass is 9.94. The number of amides is 1. The summed E-state index contributed by atoms with van der Waals surface area (Å²) < 4.78 is 0. The van der Waals surface area contributed by atoms with Crippen LogP contribution < -0.4 is 0 Å². The first-order valence-corrected chi connectivity index (χ1v) is 7.82. The number of β-amino-alcohol motifs (C(OH)–C–C–N with tert-alkyl or cyclic N) is 1. The predicted octanol–water partition coefficient (Wildman–Crippen LogP) is 1.43. The second kappa shape index (κ2) is 6.61. The van der Waals surface area contributed by atoms with E-state index in [1.54, 1.807) is 4.90 Å². The zero-order valence-electron chi connectivity index (χ0n) is 11.7. The summed E-state index contributed by atoms with van der Waals surface area (Å²) in [5, 5.41) is 19.3. The maximum Gasteiger partial charge on any atom is 0.233 e. The van der Waals surface area contributed by atoms with Gasteiger partial charge in [-0.15, -0.1) is 11.8 Å². The summed E-state index contributed by atoms with van der Waals surface area (Å²) in [5.74, 6) is 0.386. The molecular formula is C15H21NO3S. The maximum absolute atomic E-state index is 12.2. The van der Waals surface area contributed by atoms with E-state index in [1.165, 1.54) is 11.8 Å². The van der Waals surface area contributed by atoms with Gasteiger partial charge in [0, 0.05) is 11.4 Å². The van der Waals surface area contributed by atoms with Gasteiger partial charge in [0.15, 0.2) is 0 Å². The average Bonchev–Trinajstić information content (AvgIpc) is 2.46. The first-order chi connectivity index (χ1) is 9.54. The molecule has 110 valence electrons. The van der Waals surface area contributed by atoms with Gasteiger partial charge in [0.1, 0.15) is 5.60 Å². The minimum absolute atomic E-state index is 0.0184. The maximum atomic E-state index is 12.2. The number of benzene rings is 1. The molecule has 0 saturated carbocycles. The van der Waals surface area contributed by atoms with Crippen LogP contribution in [0.1, 0.15) is 18.4 Å². The van der Waals surface area contributed by atoms with Crippen LogP contribution in [0.3, 0.4) is 0 Å². The Balaban J connectivity index is 1.90. The molecule has 1 heterocycles. The molecule has 1 aliphatic rings. The number of rotatable bonds is 4. The second-order valence-corrected chi connectivity index (χ2v) is 6.37. The average molecular weight is 295 g/mol. The number of aryl methyl sites for hydroxylation is 1. The van der Waals surface area contributed by atoms with Crippen LogP contribution in [0, 0.1) is 6.92 Å². The smallest absolute Gasteiger partial charge is 0.233 e. The lowest BCUT2D eigenvalue weighted by molar-refractivity contribution is -0.137. The highest BCUT2D eigenvalue weighted by Crippen LogP contribution is 2.24. The quantitative estimate of drug-likeness (QED) is 0.825. The van der Waals surface area contributed by atoms with Crippen LogP contribution in [0.5, 0.6) is 0 Å². The number of aliphatic hydroxyl groups excluding tert-OH is 1. The number of carbonyl (C=O) groups excluding carboxylic acids is 1. The summed E-state index contributed by atoms with van der Waals surface area (Å²) in [4.78, 5) is 15.0. The van der Waals surface area contributed by atoms with E-state index in [0.717, 1.165) is 16.9 Å². The van der Waals surface area contributed by atoms with E-state index in [4.69, 9.17) is 0 Å². The lowest BCUT2D eigenvalue weighted by Crippen LogP contribution is -2.52. The van der Waals surface area contributed by atoms with E-state index in [0.29, 0.717) is 18.7 Å². The number of hydrogen-bond acceptors (Lipinski definition) is 4. The summed E-state index contributed by atoms with van der Waals surface area (Å²) in [6, 6.07) is 7.98. The van der Waals surface area contributed by atoms with Crippen molar-refractivity contribution < 1.29 is 15.0 Å². The number of thioether (sulfide) groups is 1. The number of likely N-dealkylation sites (tertiary alicyclic amines) is 1.